The van der Waals surface area contributed by atoms with Gasteiger partial charge in [0, 0.05) is 0 Å². The van der Waals surface area contributed by atoms with Crippen molar-refractivity contribution in [3.05, 3.63) is 75.9 Å². The smallest absolute Gasteiger partial charge is 0.307 e. The van der Waals surface area contributed by atoms with Crippen LogP contribution in [0.15, 0.2) is 48.0 Å². The predicted octanol–water partition coefficient (Wildman–Crippen LogP) is 5.11. The third-order valence-corrected chi connectivity index (χ3v) is 4.36. The molecule has 1 aliphatic carbocycles. The van der Waals surface area contributed by atoms with Crippen LogP contribution in [0.4, 0.5) is 0 Å². The highest BCUT2D eigenvalue weighted by Crippen LogP contribution is 2.43. The number of aliphatic carboxylic acids is 1. The minimum Gasteiger partial charge on any atom is -0.481 e. The van der Waals surface area contributed by atoms with Gasteiger partial charge in [-0.05, 0) is 60.3 Å². The van der Waals surface area contributed by atoms with Crippen LogP contribution in [-0.4, -0.2) is 11.1 Å². The number of aryl methyl sites for hydroxylation is 2. The zero-order valence-corrected chi connectivity index (χ0v) is 13.7. The fourth-order valence-electron chi connectivity index (χ4n) is 3.10. The molecule has 3 rings (SSSR count). The molecule has 0 fully saturated rings. The van der Waals surface area contributed by atoms with Gasteiger partial charge < -0.3 is 5.11 Å². The van der Waals surface area contributed by atoms with Gasteiger partial charge >= 0.3 is 5.97 Å². The van der Waals surface area contributed by atoms with E-state index in [1.165, 1.54) is 5.56 Å². The van der Waals surface area contributed by atoms with E-state index in [9.17, 15) is 9.90 Å². The Balaban J connectivity index is 2.15. The summed E-state index contributed by atoms with van der Waals surface area (Å²) in [5.74, 6) is -0.789. The molecule has 23 heavy (non-hydrogen) atoms. The molecule has 0 heterocycles. The van der Waals surface area contributed by atoms with Gasteiger partial charge in [-0.2, -0.15) is 0 Å². The summed E-state index contributed by atoms with van der Waals surface area (Å²) in [6.07, 6.45) is 2.21. The lowest BCUT2D eigenvalue weighted by Gasteiger charge is -2.05. The first-order valence-corrected chi connectivity index (χ1v) is 7.77. The number of hydrogen-bond acceptors (Lipinski definition) is 1. The van der Waals surface area contributed by atoms with Crippen LogP contribution in [0.1, 0.15) is 41.2 Å². The van der Waals surface area contributed by atoms with E-state index in [0.717, 1.165) is 39.0 Å². The number of carboxylic acids is 1. The molecule has 2 aromatic carbocycles. The van der Waals surface area contributed by atoms with Crippen molar-refractivity contribution in [2.75, 3.05) is 0 Å². The summed E-state index contributed by atoms with van der Waals surface area (Å²) < 4.78 is 0. The van der Waals surface area contributed by atoms with Gasteiger partial charge in [-0.1, -0.05) is 53.6 Å². The molecule has 0 bridgehead atoms. The Labute approximate surface area is 136 Å². The lowest BCUT2D eigenvalue weighted by molar-refractivity contribution is -0.135. The second-order valence-electron chi connectivity index (χ2n) is 6.19. The monoisotopic (exact) mass is 304 g/mol. The zero-order chi connectivity index (χ0) is 16.6. The summed E-state index contributed by atoms with van der Waals surface area (Å²) in [4.78, 5) is 11.2. The van der Waals surface area contributed by atoms with Gasteiger partial charge in [0.2, 0.25) is 0 Å². The normalized spacial score (nSPS) is 15.2. The highest BCUT2D eigenvalue weighted by atomic mass is 16.4. The maximum Gasteiger partial charge on any atom is 0.307 e. The number of hydrogen-bond donors (Lipinski definition) is 1. The van der Waals surface area contributed by atoms with Gasteiger partial charge in [0.15, 0.2) is 0 Å². The van der Waals surface area contributed by atoms with E-state index in [4.69, 9.17) is 0 Å². The van der Waals surface area contributed by atoms with E-state index in [1.807, 2.05) is 13.8 Å². The first kappa shape index (κ1) is 15.3. The van der Waals surface area contributed by atoms with E-state index < -0.39 is 5.97 Å². The molecule has 0 aromatic heterocycles. The maximum absolute atomic E-state index is 11.2. The van der Waals surface area contributed by atoms with Crippen molar-refractivity contribution >= 4 is 23.2 Å². The number of benzene rings is 2. The number of rotatable bonds is 3. The van der Waals surface area contributed by atoms with Crippen LogP contribution < -0.4 is 0 Å². The van der Waals surface area contributed by atoms with Crippen LogP contribution in [0.2, 0.25) is 0 Å². The number of allylic oxidation sites excluding steroid dienone is 2. The van der Waals surface area contributed by atoms with Crippen molar-refractivity contribution in [2.24, 2.45) is 0 Å². The third kappa shape index (κ3) is 2.98. The average molecular weight is 304 g/mol. The van der Waals surface area contributed by atoms with Crippen molar-refractivity contribution in [2.45, 2.75) is 27.2 Å². The molecule has 2 aromatic rings. The van der Waals surface area contributed by atoms with Gasteiger partial charge in [0.05, 0.1) is 6.42 Å². The molecule has 0 radical (unpaired) electrons. The van der Waals surface area contributed by atoms with Crippen LogP contribution in [0, 0.1) is 13.8 Å². The summed E-state index contributed by atoms with van der Waals surface area (Å²) in [6, 6.07) is 14.6. The molecule has 0 saturated heterocycles. The second kappa shape index (κ2) is 5.88. The van der Waals surface area contributed by atoms with E-state index >= 15 is 0 Å². The van der Waals surface area contributed by atoms with E-state index in [2.05, 4.69) is 55.5 Å². The SMILES string of the molecule is CC1=C(CC(=O)O)c2cc(C)ccc2/C1=C\c1ccc(C)cc1. The Bertz CT molecular complexity index is 837. The molecule has 2 heteroatoms. The summed E-state index contributed by atoms with van der Waals surface area (Å²) in [7, 11) is 0. The van der Waals surface area contributed by atoms with Crippen LogP contribution in [0.3, 0.4) is 0 Å². The van der Waals surface area contributed by atoms with Gasteiger partial charge in [-0.25, -0.2) is 0 Å². The summed E-state index contributed by atoms with van der Waals surface area (Å²) in [6.45, 7) is 6.13. The molecule has 0 unspecified atom stereocenters. The highest BCUT2D eigenvalue weighted by Gasteiger charge is 2.25. The summed E-state index contributed by atoms with van der Waals surface area (Å²) in [5.41, 5.74) is 8.81. The summed E-state index contributed by atoms with van der Waals surface area (Å²) >= 11 is 0. The molecule has 116 valence electrons. The number of carbonyl (C=O) groups is 1. The van der Waals surface area contributed by atoms with Crippen molar-refractivity contribution < 1.29 is 9.90 Å². The average Bonchev–Trinajstić information content (AvgIpc) is 2.74. The molecule has 2 nitrogen and oxygen atoms in total. The first-order chi connectivity index (χ1) is 11.0. The van der Waals surface area contributed by atoms with Crippen molar-refractivity contribution in [1.82, 2.24) is 0 Å². The molecule has 0 amide bonds. The molecular weight excluding hydrogens is 284 g/mol. The Morgan fingerprint density at radius 1 is 0.957 bits per heavy atom. The van der Waals surface area contributed by atoms with Crippen LogP contribution in [0.25, 0.3) is 17.2 Å². The van der Waals surface area contributed by atoms with Gasteiger partial charge in [-0.3, -0.25) is 4.79 Å². The van der Waals surface area contributed by atoms with E-state index in [0.29, 0.717) is 0 Å². The highest BCUT2D eigenvalue weighted by molar-refractivity contribution is 6.07. The Kier molecular flexibility index (Phi) is 3.91. The minimum absolute atomic E-state index is 0.0630. The van der Waals surface area contributed by atoms with Crippen molar-refractivity contribution in [1.29, 1.82) is 0 Å². The van der Waals surface area contributed by atoms with Gasteiger partial charge in [0.1, 0.15) is 0 Å². The summed E-state index contributed by atoms with van der Waals surface area (Å²) in [5, 5.41) is 9.24. The van der Waals surface area contributed by atoms with Gasteiger partial charge in [-0.15, -0.1) is 0 Å². The second-order valence-corrected chi connectivity index (χ2v) is 6.19. The lowest BCUT2D eigenvalue weighted by atomic mass is 9.99. The molecule has 0 spiro atoms. The fraction of sp³-hybridized carbons (Fsp3) is 0.190. The lowest BCUT2D eigenvalue weighted by Crippen LogP contribution is -1.97. The van der Waals surface area contributed by atoms with E-state index in [1.54, 1.807) is 0 Å². The first-order valence-electron chi connectivity index (χ1n) is 7.77. The molecule has 0 aliphatic heterocycles. The quantitative estimate of drug-likeness (QED) is 0.856. The molecule has 1 N–H and O–H groups in total. The Morgan fingerprint density at radius 3 is 2.26 bits per heavy atom. The standard InChI is InChI=1S/C21H20O2/c1-13-4-7-16(8-5-13)11-18-15(3)19(12-21(22)23)20-10-14(2)6-9-17(18)20/h4-11H,12H2,1-3H3,(H,22,23)/b18-11-. The minimum atomic E-state index is -0.789. The van der Waals surface area contributed by atoms with Crippen molar-refractivity contribution in [3.8, 4) is 0 Å². The van der Waals surface area contributed by atoms with Crippen LogP contribution in [0.5, 0.6) is 0 Å². The Hall–Kier alpha value is -2.61. The maximum atomic E-state index is 11.2. The zero-order valence-electron chi connectivity index (χ0n) is 13.7. The number of fused-ring (bicyclic) bond motifs is 1. The largest absolute Gasteiger partial charge is 0.481 e. The van der Waals surface area contributed by atoms with Gasteiger partial charge in [0.25, 0.3) is 0 Å². The van der Waals surface area contributed by atoms with Crippen LogP contribution in [-0.2, 0) is 4.79 Å². The molecular formula is C21H20O2. The third-order valence-electron chi connectivity index (χ3n) is 4.36. The fourth-order valence-corrected chi connectivity index (χ4v) is 3.10. The molecule has 1 aliphatic rings. The van der Waals surface area contributed by atoms with Crippen molar-refractivity contribution in [3.63, 3.8) is 0 Å². The van der Waals surface area contributed by atoms with Crippen LogP contribution >= 0.6 is 0 Å². The number of carboxylic acid groups (broad SMARTS) is 1. The van der Waals surface area contributed by atoms with E-state index in [-0.39, 0.29) is 6.42 Å². The topological polar surface area (TPSA) is 37.3 Å². The predicted molar refractivity (Wildman–Crippen MR) is 95.1 cm³/mol. The molecule has 0 atom stereocenters. The Morgan fingerprint density at radius 2 is 1.61 bits per heavy atom. The molecule has 0 saturated carbocycles.